The minimum atomic E-state index is -0.344. The third kappa shape index (κ3) is 7.93. The van der Waals surface area contributed by atoms with Crippen LogP contribution in [0.25, 0.3) is 0 Å². The summed E-state index contributed by atoms with van der Waals surface area (Å²) in [6.07, 6.45) is 4.41. The first-order valence-electron chi connectivity index (χ1n) is 15.2. The minimum absolute atomic E-state index is 0.143. The van der Waals surface area contributed by atoms with E-state index in [1.807, 2.05) is 56.3 Å². The Morgan fingerprint density at radius 2 is 1.74 bits per heavy atom. The molecule has 0 bridgehead atoms. The van der Waals surface area contributed by atoms with E-state index in [-0.39, 0.29) is 40.5 Å². The van der Waals surface area contributed by atoms with Crippen molar-refractivity contribution >= 4 is 41.0 Å². The molecule has 228 valence electrons. The van der Waals surface area contributed by atoms with Crippen LogP contribution >= 0.6 is 23.4 Å². The van der Waals surface area contributed by atoms with E-state index in [1.54, 1.807) is 30.0 Å². The summed E-state index contributed by atoms with van der Waals surface area (Å²) < 4.78 is 26.6. The van der Waals surface area contributed by atoms with Crippen molar-refractivity contribution in [1.29, 1.82) is 0 Å². The van der Waals surface area contributed by atoms with Gasteiger partial charge in [0.2, 0.25) is 0 Å². The third-order valence-corrected chi connectivity index (χ3v) is 9.72. The van der Waals surface area contributed by atoms with E-state index in [4.69, 9.17) is 21.1 Å². The van der Waals surface area contributed by atoms with Gasteiger partial charge in [-0.1, -0.05) is 49.7 Å². The second-order valence-electron chi connectivity index (χ2n) is 11.9. The van der Waals surface area contributed by atoms with Crippen molar-refractivity contribution in [3.8, 4) is 0 Å². The largest absolute Gasteiger partial charge is 0.462 e. The summed E-state index contributed by atoms with van der Waals surface area (Å²) in [4.78, 5) is 29.0. The lowest BCUT2D eigenvalue weighted by Crippen LogP contribution is -2.40. The van der Waals surface area contributed by atoms with Crippen molar-refractivity contribution in [2.75, 3.05) is 30.4 Å². The zero-order chi connectivity index (χ0) is 30.3. The van der Waals surface area contributed by atoms with Gasteiger partial charge in [-0.15, -0.1) is 11.8 Å². The second kappa shape index (κ2) is 14.6. The highest BCUT2D eigenvalue weighted by Gasteiger charge is 2.34. The average Bonchev–Trinajstić information content (AvgIpc) is 3.03. The molecule has 0 saturated heterocycles. The van der Waals surface area contributed by atoms with Crippen LogP contribution in [0.1, 0.15) is 71.4 Å². The molecule has 5 nitrogen and oxygen atoms in total. The van der Waals surface area contributed by atoms with Gasteiger partial charge in [0.05, 0.1) is 35.1 Å². The molecule has 0 radical (unpaired) electrons. The number of fused-ring (bicyclic) bond motifs is 2. The van der Waals surface area contributed by atoms with Crippen molar-refractivity contribution in [2.24, 2.45) is 17.8 Å². The molecule has 1 heterocycles. The molecule has 0 amide bonds. The summed E-state index contributed by atoms with van der Waals surface area (Å²) in [6, 6.07) is 18.4. The van der Waals surface area contributed by atoms with Crippen LogP contribution in [-0.2, 0) is 22.4 Å². The first-order chi connectivity index (χ1) is 20.8. The highest BCUT2D eigenvalue weighted by Crippen LogP contribution is 2.40. The summed E-state index contributed by atoms with van der Waals surface area (Å²) in [7, 11) is 0. The van der Waals surface area contributed by atoms with Gasteiger partial charge in [-0.2, -0.15) is 0 Å². The topological polar surface area (TPSA) is 55.8 Å². The Hall–Kier alpha value is -3.03. The molecule has 0 aromatic heterocycles. The number of hydrogen-bond acceptors (Lipinski definition) is 6. The molecule has 0 N–H and O–H groups in total. The lowest BCUT2D eigenvalue weighted by Gasteiger charge is -2.41. The molecule has 3 aromatic carbocycles. The van der Waals surface area contributed by atoms with Crippen LogP contribution in [0, 0.1) is 23.6 Å². The van der Waals surface area contributed by atoms with E-state index in [0.717, 1.165) is 47.6 Å². The Morgan fingerprint density at radius 3 is 2.49 bits per heavy atom. The predicted molar refractivity (Wildman–Crippen MR) is 171 cm³/mol. The monoisotopic (exact) mass is 623 g/mol. The first-order valence-corrected chi connectivity index (χ1v) is 16.5. The van der Waals surface area contributed by atoms with Gasteiger partial charge in [-0.05, 0) is 103 Å². The summed E-state index contributed by atoms with van der Waals surface area (Å²) in [5.74, 6) is 0.633. The zero-order valence-corrected chi connectivity index (χ0v) is 26.4. The SMILES string of the molecule is CC(C)COC(=O)c1ccc2c(c1)N(CC1CC[C@H]1COC(=O)c1ccccc1)Cc1ccc(Cl)c(F)c1CCCCS2. The van der Waals surface area contributed by atoms with Crippen LogP contribution in [0.4, 0.5) is 10.1 Å². The minimum Gasteiger partial charge on any atom is -0.462 e. The molecule has 3 aromatic rings. The molecule has 5 rings (SSSR count). The standard InChI is InChI=1S/C35H39ClFNO4S/c1-23(2)21-41-35(40)25-14-16-32-31(18-25)38(20-27-13-15-30(36)33(37)29(27)10-6-7-17-43-32)19-26-11-12-28(26)22-42-34(39)24-8-4-3-5-9-24/h3-5,8-9,13-16,18,23,26,28H,6-7,10-12,17,19-22H2,1-2H3/t26?,28-/m0/s1. The molecular formula is C35H39ClFNO4S. The molecule has 2 aliphatic rings. The zero-order valence-electron chi connectivity index (χ0n) is 24.8. The molecule has 43 heavy (non-hydrogen) atoms. The fourth-order valence-corrected chi connectivity index (χ4v) is 6.90. The summed E-state index contributed by atoms with van der Waals surface area (Å²) in [6.45, 7) is 5.90. The molecule has 1 aliphatic carbocycles. The number of nitrogens with zero attached hydrogens (tertiary/aromatic N) is 1. The lowest BCUT2D eigenvalue weighted by molar-refractivity contribution is 0.0247. The van der Waals surface area contributed by atoms with Crippen LogP contribution in [0.2, 0.25) is 5.02 Å². The van der Waals surface area contributed by atoms with Crippen LogP contribution in [0.5, 0.6) is 0 Å². The highest BCUT2D eigenvalue weighted by atomic mass is 35.5. The Balaban J connectivity index is 1.43. The van der Waals surface area contributed by atoms with E-state index in [0.29, 0.717) is 49.4 Å². The number of benzene rings is 3. The van der Waals surface area contributed by atoms with E-state index in [1.165, 1.54) is 0 Å². The van der Waals surface area contributed by atoms with E-state index >= 15 is 4.39 Å². The Kier molecular flexibility index (Phi) is 10.7. The maximum atomic E-state index is 15.3. The number of esters is 2. The highest BCUT2D eigenvalue weighted by molar-refractivity contribution is 7.99. The fraction of sp³-hybridized carbons (Fsp3) is 0.429. The van der Waals surface area contributed by atoms with E-state index in [2.05, 4.69) is 4.90 Å². The van der Waals surface area contributed by atoms with Gasteiger partial charge in [0, 0.05) is 18.0 Å². The number of thioether (sulfide) groups is 1. The summed E-state index contributed by atoms with van der Waals surface area (Å²) >= 11 is 7.99. The predicted octanol–water partition coefficient (Wildman–Crippen LogP) is 8.61. The molecule has 1 aliphatic heterocycles. The second-order valence-corrected chi connectivity index (χ2v) is 13.5. The number of carbonyl (C=O) groups is 2. The average molecular weight is 624 g/mol. The lowest BCUT2D eigenvalue weighted by atomic mass is 9.73. The molecule has 1 saturated carbocycles. The van der Waals surface area contributed by atoms with Crippen LogP contribution in [0.15, 0.2) is 65.6 Å². The number of hydrogen-bond donors (Lipinski definition) is 0. The van der Waals surface area contributed by atoms with Gasteiger partial charge in [0.15, 0.2) is 0 Å². The molecule has 1 unspecified atom stereocenters. The van der Waals surface area contributed by atoms with Crippen LogP contribution in [0.3, 0.4) is 0 Å². The Bertz CT molecular complexity index is 1430. The quantitative estimate of drug-likeness (QED) is 0.234. The van der Waals surface area contributed by atoms with Crippen LogP contribution < -0.4 is 4.90 Å². The number of rotatable bonds is 8. The van der Waals surface area contributed by atoms with Crippen molar-refractivity contribution in [2.45, 2.75) is 57.4 Å². The van der Waals surface area contributed by atoms with Crippen molar-refractivity contribution in [3.05, 3.63) is 93.8 Å². The van der Waals surface area contributed by atoms with Gasteiger partial charge in [-0.3, -0.25) is 0 Å². The van der Waals surface area contributed by atoms with E-state index in [9.17, 15) is 9.59 Å². The van der Waals surface area contributed by atoms with Gasteiger partial charge < -0.3 is 14.4 Å². The van der Waals surface area contributed by atoms with Crippen molar-refractivity contribution < 1.29 is 23.5 Å². The van der Waals surface area contributed by atoms with Gasteiger partial charge in [0.1, 0.15) is 5.82 Å². The van der Waals surface area contributed by atoms with Crippen LogP contribution in [-0.4, -0.2) is 37.4 Å². The normalized spacial score (nSPS) is 18.6. The van der Waals surface area contributed by atoms with Gasteiger partial charge in [0.25, 0.3) is 0 Å². The summed E-state index contributed by atoms with van der Waals surface area (Å²) in [5.41, 5.74) is 3.56. The number of halogens is 2. The molecule has 1 fully saturated rings. The number of carbonyl (C=O) groups excluding carboxylic acids is 2. The first kappa shape index (κ1) is 31.4. The molecule has 8 heteroatoms. The summed E-state index contributed by atoms with van der Waals surface area (Å²) in [5, 5.41) is 0.143. The number of anilines is 1. The Morgan fingerprint density at radius 1 is 0.977 bits per heavy atom. The van der Waals surface area contributed by atoms with Crippen molar-refractivity contribution in [1.82, 2.24) is 0 Å². The van der Waals surface area contributed by atoms with Crippen molar-refractivity contribution in [3.63, 3.8) is 0 Å². The molecule has 0 spiro atoms. The van der Waals surface area contributed by atoms with Gasteiger partial charge in [-0.25, -0.2) is 14.0 Å². The molecular weight excluding hydrogens is 585 g/mol. The Labute approximate surface area is 263 Å². The fourth-order valence-electron chi connectivity index (χ4n) is 5.65. The van der Waals surface area contributed by atoms with Gasteiger partial charge >= 0.3 is 11.9 Å². The van der Waals surface area contributed by atoms with E-state index < -0.39 is 0 Å². The maximum Gasteiger partial charge on any atom is 0.338 e. The smallest absolute Gasteiger partial charge is 0.338 e. The number of ether oxygens (including phenoxy) is 2. The third-order valence-electron chi connectivity index (χ3n) is 8.28. The molecule has 2 atom stereocenters. The maximum absolute atomic E-state index is 15.3.